The molecule has 0 amide bonds. The Labute approximate surface area is 175 Å². The number of fused-ring (bicyclic) bond motifs is 1. The number of hydrogen-bond donors (Lipinski definition) is 2. The fraction of sp³-hybridized carbons (Fsp3) is 0.640. The van der Waals surface area contributed by atoms with Gasteiger partial charge in [-0.2, -0.15) is 0 Å². The summed E-state index contributed by atoms with van der Waals surface area (Å²) in [6.07, 6.45) is 12.1. The van der Waals surface area contributed by atoms with Gasteiger partial charge in [0.05, 0.1) is 6.10 Å². The fourth-order valence-corrected chi connectivity index (χ4v) is 5.17. The molecule has 0 saturated heterocycles. The first-order valence-corrected chi connectivity index (χ1v) is 10.9. The second kappa shape index (κ2) is 8.23. The Morgan fingerprint density at radius 2 is 2.14 bits per heavy atom. The lowest BCUT2D eigenvalue weighted by atomic mass is 9.64. The van der Waals surface area contributed by atoms with E-state index in [0.29, 0.717) is 18.3 Å². The summed E-state index contributed by atoms with van der Waals surface area (Å²) in [4.78, 5) is 12.0. The Bertz CT molecular complexity index is 764. The third-order valence-corrected chi connectivity index (χ3v) is 7.16. The topological polar surface area (TPSA) is 66.8 Å². The third kappa shape index (κ3) is 4.59. The molecule has 4 heteroatoms. The van der Waals surface area contributed by atoms with Gasteiger partial charge in [0.15, 0.2) is 5.60 Å². The van der Waals surface area contributed by atoms with E-state index in [1.807, 2.05) is 0 Å². The summed E-state index contributed by atoms with van der Waals surface area (Å²) >= 11 is 0. The number of esters is 1. The van der Waals surface area contributed by atoms with Gasteiger partial charge in [-0.25, -0.2) is 4.79 Å². The highest BCUT2D eigenvalue weighted by molar-refractivity contribution is 5.78. The van der Waals surface area contributed by atoms with Crippen LogP contribution in [0.2, 0.25) is 0 Å². The van der Waals surface area contributed by atoms with Crippen LogP contribution < -0.4 is 0 Å². The van der Waals surface area contributed by atoms with Crippen LogP contribution in [0.5, 0.6) is 0 Å². The minimum absolute atomic E-state index is 0.00114. The lowest BCUT2D eigenvalue weighted by Gasteiger charge is -2.41. The maximum absolute atomic E-state index is 12.0. The zero-order valence-corrected chi connectivity index (χ0v) is 18.3. The van der Waals surface area contributed by atoms with Crippen molar-refractivity contribution in [3.8, 4) is 0 Å². The summed E-state index contributed by atoms with van der Waals surface area (Å²) in [6.45, 7) is 11.8. The van der Waals surface area contributed by atoms with E-state index >= 15 is 0 Å². The SMILES string of the molecule is C=C1/C(=C\C=C2/CCCC3(C)C(COC(=O)C(C)(C)O)=CCC23)CC(O)CC1C. The minimum atomic E-state index is -1.46. The lowest BCUT2D eigenvalue weighted by molar-refractivity contribution is -0.161. The molecule has 3 rings (SSSR count). The van der Waals surface area contributed by atoms with Crippen LogP contribution in [-0.4, -0.2) is 34.5 Å². The molecular weight excluding hydrogens is 364 g/mol. The average Bonchev–Trinajstić information content (AvgIpc) is 2.97. The molecule has 0 heterocycles. The van der Waals surface area contributed by atoms with E-state index < -0.39 is 11.6 Å². The van der Waals surface area contributed by atoms with E-state index in [-0.39, 0.29) is 18.1 Å². The van der Waals surface area contributed by atoms with E-state index in [1.54, 1.807) is 0 Å². The molecule has 0 radical (unpaired) electrons. The fourth-order valence-electron chi connectivity index (χ4n) is 5.17. The number of hydrogen-bond acceptors (Lipinski definition) is 4. The van der Waals surface area contributed by atoms with Gasteiger partial charge in [0, 0.05) is 0 Å². The summed E-state index contributed by atoms with van der Waals surface area (Å²) in [6, 6.07) is 0. The predicted molar refractivity (Wildman–Crippen MR) is 115 cm³/mol. The molecule has 0 spiro atoms. The molecule has 2 saturated carbocycles. The Morgan fingerprint density at radius 3 is 2.83 bits per heavy atom. The van der Waals surface area contributed by atoms with E-state index in [2.05, 4.69) is 38.7 Å². The Balaban J connectivity index is 1.73. The minimum Gasteiger partial charge on any atom is -0.459 e. The Hall–Kier alpha value is -1.65. The molecule has 3 aliphatic carbocycles. The van der Waals surface area contributed by atoms with Crippen LogP contribution in [0.1, 0.15) is 66.2 Å². The van der Waals surface area contributed by atoms with Gasteiger partial charge in [0.2, 0.25) is 0 Å². The molecule has 4 nitrogen and oxygen atoms in total. The van der Waals surface area contributed by atoms with Crippen LogP contribution in [0.3, 0.4) is 0 Å². The molecule has 4 atom stereocenters. The van der Waals surface area contributed by atoms with Gasteiger partial charge in [0.1, 0.15) is 6.61 Å². The van der Waals surface area contributed by atoms with Gasteiger partial charge in [-0.15, -0.1) is 0 Å². The van der Waals surface area contributed by atoms with Crippen LogP contribution in [0.25, 0.3) is 0 Å². The van der Waals surface area contributed by atoms with Crippen molar-refractivity contribution in [3.05, 3.63) is 47.1 Å². The highest BCUT2D eigenvalue weighted by atomic mass is 16.5. The van der Waals surface area contributed by atoms with Crippen molar-refractivity contribution in [1.82, 2.24) is 0 Å². The van der Waals surface area contributed by atoms with Gasteiger partial charge in [-0.1, -0.05) is 44.2 Å². The van der Waals surface area contributed by atoms with E-state index in [4.69, 9.17) is 4.74 Å². The van der Waals surface area contributed by atoms with Crippen LogP contribution in [0, 0.1) is 17.3 Å². The largest absolute Gasteiger partial charge is 0.459 e. The monoisotopic (exact) mass is 400 g/mol. The number of rotatable bonds is 4. The number of allylic oxidation sites excluding steroid dienone is 5. The molecule has 4 unspecified atom stereocenters. The van der Waals surface area contributed by atoms with Gasteiger partial charge < -0.3 is 14.9 Å². The summed E-state index contributed by atoms with van der Waals surface area (Å²) < 4.78 is 5.40. The molecule has 0 aromatic carbocycles. The van der Waals surface area contributed by atoms with Gasteiger partial charge >= 0.3 is 5.97 Å². The molecule has 2 fully saturated rings. The molecular formula is C25H36O4. The molecule has 0 aliphatic heterocycles. The number of ether oxygens (including phenoxy) is 1. The highest BCUT2D eigenvalue weighted by Gasteiger charge is 2.45. The highest BCUT2D eigenvalue weighted by Crippen LogP contribution is 2.54. The van der Waals surface area contributed by atoms with Crippen LogP contribution in [0.15, 0.2) is 47.1 Å². The third-order valence-electron chi connectivity index (χ3n) is 7.16. The van der Waals surface area contributed by atoms with Gasteiger partial charge in [0.25, 0.3) is 0 Å². The summed E-state index contributed by atoms with van der Waals surface area (Å²) in [5, 5.41) is 19.9. The lowest BCUT2D eigenvalue weighted by Crippen LogP contribution is -2.36. The van der Waals surface area contributed by atoms with E-state index in [0.717, 1.165) is 37.7 Å². The zero-order valence-electron chi connectivity index (χ0n) is 18.3. The maximum Gasteiger partial charge on any atom is 0.337 e. The summed E-state index contributed by atoms with van der Waals surface area (Å²) in [5.74, 6) is 0.165. The second-order valence-corrected chi connectivity index (χ2v) is 9.88. The average molecular weight is 401 g/mol. The molecule has 0 aromatic rings. The summed E-state index contributed by atoms with van der Waals surface area (Å²) in [7, 11) is 0. The Kier molecular flexibility index (Phi) is 6.26. The first kappa shape index (κ1) is 22.0. The molecule has 160 valence electrons. The summed E-state index contributed by atoms with van der Waals surface area (Å²) in [5.41, 5.74) is 3.46. The number of aliphatic hydroxyl groups is 2. The predicted octanol–water partition coefficient (Wildman–Crippen LogP) is 4.64. The Morgan fingerprint density at radius 1 is 1.41 bits per heavy atom. The number of carbonyl (C=O) groups excluding carboxylic acids is 1. The number of carbonyl (C=O) groups is 1. The molecule has 3 aliphatic rings. The van der Waals surface area contributed by atoms with Gasteiger partial charge in [-0.3, -0.25) is 0 Å². The van der Waals surface area contributed by atoms with Crippen molar-refractivity contribution in [2.24, 2.45) is 17.3 Å². The smallest absolute Gasteiger partial charge is 0.337 e. The second-order valence-electron chi connectivity index (χ2n) is 9.88. The van der Waals surface area contributed by atoms with Gasteiger partial charge in [-0.05, 0) is 86.3 Å². The standard InChI is InChI=1S/C25H36O4/c1-16-13-21(26)14-19(17(16)2)9-8-18-7-6-12-25(5)20(10-11-22(18)25)15-29-23(27)24(3,4)28/h8-10,16,21-22,26,28H,2,6-7,11-15H2,1,3-5H3/b18-8+,19-9-. The van der Waals surface area contributed by atoms with Crippen molar-refractivity contribution >= 4 is 5.97 Å². The number of aliphatic hydroxyl groups excluding tert-OH is 1. The molecule has 0 bridgehead atoms. The molecule has 2 N–H and O–H groups in total. The van der Waals surface area contributed by atoms with Crippen molar-refractivity contribution in [2.45, 2.75) is 77.9 Å². The van der Waals surface area contributed by atoms with Crippen LogP contribution in [0.4, 0.5) is 0 Å². The van der Waals surface area contributed by atoms with E-state index in [9.17, 15) is 15.0 Å². The maximum atomic E-state index is 12.0. The van der Waals surface area contributed by atoms with Crippen LogP contribution >= 0.6 is 0 Å². The van der Waals surface area contributed by atoms with Crippen molar-refractivity contribution in [3.63, 3.8) is 0 Å². The van der Waals surface area contributed by atoms with E-state index in [1.165, 1.54) is 30.6 Å². The molecule has 29 heavy (non-hydrogen) atoms. The quantitative estimate of drug-likeness (QED) is 0.533. The molecule has 0 aromatic heterocycles. The van der Waals surface area contributed by atoms with Crippen molar-refractivity contribution in [2.75, 3.05) is 6.61 Å². The van der Waals surface area contributed by atoms with Crippen molar-refractivity contribution < 1.29 is 19.7 Å². The first-order chi connectivity index (χ1) is 13.5. The van der Waals surface area contributed by atoms with Crippen molar-refractivity contribution in [1.29, 1.82) is 0 Å². The normalized spacial score (nSPS) is 35.6. The van der Waals surface area contributed by atoms with Crippen LogP contribution in [-0.2, 0) is 9.53 Å². The first-order valence-electron chi connectivity index (χ1n) is 10.9. The zero-order chi connectivity index (χ0) is 21.4.